The molecule has 13 heavy (non-hydrogen) atoms. The van der Waals surface area contributed by atoms with Crippen molar-refractivity contribution in [3.8, 4) is 0 Å². The number of benzene rings is 1. The summed E-state index contributed by atoms with van der Waals surface area (Å²) in [5, 5.41) is 5.07. The van der Waals surface area contributed by atoms with Crippen molar-refractivity contribution in [3.63, 3.8) is 0 Å². The van der Waals surface area contributed by atoms with Crippen LogP contribution in [-0.4, -0.2) is 8.42 Å². The molecule has 0 saturated heterocycles. The third-order valence-corrected chi connectivity index (χ3v) is 4.54. The van der Waals surface area contributed by atoms with Crippen molar-refractivity contribution in [1.82, 2.24) is 0 Å². The lowest BCUT2D eigenvalue weighted by Crippen LogP contribution is -2.17. The van der Waals surface area contributed by atoms with Crippen LogP contribution in [0.25, 0.3) is 0 Å². The van der Waals surface area contributed by atoms with Gasteiger partial charge in [-0.2, -0.15) is 0 Å². The highest BCUT2D eigenvalue weighted by molar-refractivity contribution is 8.13. The number of nitrogens with two attached hydrogens (primary N) is 1. The first kappa shape index (κ1) is 8.86. The first-order valence-corrected chi connectivity index (χ1v) is 6.10. The quantitative estimate of drug-likeness (QED) is 0.688. The lowest BCUT2D eigenvalue weighted by molar-refractivity contribution is 0.596. The molecule has 6 heteroatoms. The summed E-state index contributed by atoms with van der Waals surface area (Å²) in [4.78, 5) is 0. The highest BCUT2D eigenvalue weighted by Gasteiger charge is 2.31. The average Bonchev–Trinajstić information content (AvgIpc) is 2.45. The molecule has 1 aliphatic rings. The molecule has 0 aromatic heterocycles. The van der Waals surface area contributed by atoms with Crippen molar-refractivity contribution in [3.05, 3.63) is 29.8 Å². The standard InChI is InChI=1S/C7H8N2O2S2/c8-13(10,11)7-5-3-1-2-4-6(5)9-12-7/h1-4,7,9H,(H2,8,10,11). The van der Waals surface area contributed by atoms with E-state index < -0.39 is 14.6 Å². The second-order valence-electron chi connectivity index (χ2n) is 2.73. The van der Waals surface area contributed by atoms with E-state index in [2.05, 4.69) is 4.72 Å². The molecular weight excluding hydrogens is 208 g/mol. The first-order chi connectivity index (χ1) is 6.09. The van der Waals surface area contributed by atoms with Crippen LogP contribution in [0.2, 0.25) is 0 Å². The Morgan fingerprint density at radius 1 is 1.38 bits per heavy atom. The van der Waals surface area contributed by atoms with Crippen molar-refractivity contribution >= 4 is 27.7 Å². The minimum absolute atomic E-state index is 0.677. The van der Waals surface area contributed by atoms with Gasteiger partial charge in [0.2, 0.25) is 10.0 Å². The Kier molecular flexibility index (Phi) is 1.98. The second kappa shape index (κ2) is 2.90. The molecule has 1 atom stereocenters. The normalized spacial score (nSPS) is 20.8. The van der Waals surface area contributed by atoms with Gasteiger partial charge in [-0.15, -0.1) is 0 Å². The highest BCUT2D eigenvalue weighted by Crippen LogP contribution is 2.43. The van der Waals surface area contributed by atoms with Crippen LogP contribution in [0, 0.1) is 0 Å². The van der Waals surface area contributed by atoms with Gasteiger partial charge in [0.1, 0.15) is 0 Å². The van der Waals surface area contributed by atoms with Crippen LogP contribution in [0.3, 0.4) is 0 Å². The Bertz CT molecular complexity index is 430. The summed E-state index contributed by atoms with van der Waals surface area (Å²) in [5.74, 6) is 0. The molecule has 2 rings (SSSR count). The van der Waals surface area contributed by atoms with Gasteiger partial charge in [0.25, 0.3) is 0 Å². The minimum atomic E-state index is -3.52. The van der Waals surface area contributed by atoms with Crippen molar-refractivity contribution in [2.24, 2.45) is 5.14 Å². The predicted octanol–water partition coefficient (Wildman–Crippen LogP) is 1.05. The van der Waals surface area contributed by atoms with E-state index in [1.807, 2.05) is 12.1 Å². The average molecular weight is 216 g/mol. The fraction of sp³-hybridized carbons (Fsp3) is 0.143. The molecule has 4 nitrogen and oxygen atoms in total. The van der Waals surface area contributed by atoms with E-state index in [0.29, 0.717) is 0 Å². The van der Waals surface area contributed by atoms with Gasteiger partial charge < -0.3 is 4.72 Å². The SMILES string of the molecule is NS(=O)(=O)C1SNc2ccccc21. The Morgan fingerprint density at radius 3 is 2.77 bits per heavy atom. The van der Waals surface area contributed by atoms with E-state index in [1.165, 1.54) is 0 Å². The summed E-state index contributed by atoms with van der Waals surface area (Å²) < 4.78 is 24.5. The molecule has 0 amide bonds. The zero-order chi connectivity index (χ0) is 9.47. The topological polar surface area (TPSA) is 72.2 Å². The molecule has 0 saturated carbocycles. The van der Waals surface area contributed by atoms with Crippen LogP contribution in [0.4, 0.5) is 5.69 Å². The molecular formula is C7H8N2O2S2. The number of rotatable bonds is 1. The molecule has 70 valence electrons. The highest BCUT2D eigenvalue weighted by atomic mass is 32.3. The molecule has 1 aromatic carbocycles. The Hall–Kier alpha value is -0.720. The molecule has 3 N–H and O–H groups in total. The van der Waals surface area contributed by atoms with Crippen LogP contribution in [0.1, 0.15) is 10.1 Å². The Labute approximate surface area is 80.7 Å². The zero-order valence-electron chi connectivity index (χ0n) is 6.60. The summed E-state index contributed by atoms with van der Waals surface area (Å²) in [7, 11) is -3.52. The molecule has 0 radical (unpaired) electrons. The maximum absolute atomic E-state index is 11.1. The van der Waals surface area contributed by atoms with E-state index in [4.69, 9.17) is 5.14 Å². The second-order valence-corrected chi connectivity index (χ2v) is 5.59. The van der Waals surface area contributed by atoms with E-state index in [0.717, 1.165) is 23.2 Å². The molecule has 1 aromatic rings. The zero-order valence-corrected chi connectivity index (χ0v) is 8.23. The monoisotopic (exact) mass is 216 g/mol. The van der Waals surface area contributed by atoms with Gasteiger partial charge in [0.15, 0.2) is 4.58 Å². The number of nitrogens with one attached hydrogen (secondary N) is 1. The Morgan fingerprint density at radius 2 is 2.08 bits per heavy atom. The van der Waals surface area contributed by atoms with Gasteiger partial charge >= 0.3 is 0 Å². The smallest absolute Gasteiger partial charge is 0.227 e. The van der Waals surface area contributed by atoms with Crippen LogP contribution in [0.5, 0.6) is 0 Å². The summed E-state index contributed by atoms with van der Waals surface area (Å²) in [6.07, 6.45) is 0. The summed E-state index contributed by atoms with van der Waals surface area (Å²) in [5.41, 5.74) is 1.56. The van der Waals surface area contributed by atoms with Crippen LogP contribution < -0.4 is 9.86 Å². The van der Waals surface area contributed by atoms with Gasteiger partial charge in [0, 0.05) is 11.3 Å². The fourth-order valence-electron chi connectivity index (χ4n) is 1.22. The first-order valence-electron chi connectivity index (χ1n) is 3.61. The summed E-state index contributed by atoms with van der Waals surface area (Å²) >= 11 is 1.12. The Balaban J connectivity index is 2.51. The van der Waals surface area contributed by atoms with E-state index >= 15 is 0 Å². The van der Waals surface area contributed by atoms with Crippen LogP contribution in [0.15, 0.2) is 24.3 Å². The molecule has 1 unspecified atom stereocenters. The molecule has 1 heterocycles. The number of sulfonamides is 1. The number of hydrogen-bond acceptors (Lipinski definition) is 4. The molecule has 0 bridgehead atoms. The lowest BCUT2D eigenvalue weighted by atomic mass is 10.2. The van der Waals surface area contributed by atoms with E-state index in [-0.39, 0.29) is 0 Å². The summed E-state index contributed by atoms with van der Waals surface area (Å²) in [6.45, 7) is 0. The van der Waals surface area contributed by atoms with Gasteiger partial charge in [-0.25, -0.2) is 13.6 Å². The fourth-order valence-corrected chi connectivity index (χ4v) is 3.21. The number of primary sulfonamides is 1. The maximum Gasteiger partial charge on any atom is 0.227 e. The molecule has 0 fully saturated rings. The van der Waals surface area contributed by atoms with Crippen LogP contribution >= 0.6 is 11.9 Å². The van der Waals surface area contributed by atoms with E-state index in [1.54, 1.807) is 12.1 Å². The number of para-hydroxylation sites is 1. The third-order valence-electron chi connectivity index (χ3n) is 1.79. The predicted molar refractivity (Wildman–Crippen MR) is 53.5 cm³/mol. The molecule has 1 aliphatic heterocycles. The molecule has 0 aliphatic carbocycles. The van der Waals surface area contributed by atoms with Crippen molar-refractivity contribution in [2.45, 2.75) is 4.58 Å². The summed E-state index contributed by atoms with van der Waals surface area (Å²) in [6, 6.07) is 7.23. The number of hydrogen-bond donors (Lipinski definition) is 2. The van der Waals surface area contributed by atoms with Gasteiger partial charge in [-0.1, -0.05) is 18.2 Å². The molecule has 0 spiro atoms. The minimum Gasteiger partial charge on any atom is -0.328 e. The third kappa shape index (κ3) is 1.52. The lowest BCUT2D eigenvalue weighted by Gasteiger charge is -2.04. The number of anilines is 1. The van der Waals surface area contributed by atoms with Crippen LogP contribution in [-0.2, 0) is 10.0 Å². The largest absolute Gasteiger partial charge is 0.328 e. The van der Waals surface area contributed by atoms with Gasteiger partial charge in [0.05, 0.1) is 0 Å². The van der Waals surface area contributed by atoms with E-state index in [9.17, 15) is 8.42 Å². The van der Waals surface area contributed by atoms with Crippen molar-refractivity contribution in [2.75, 3.05) is 4.72 Å². The van der Waals surface area contributed by atoms with Crippen molar-refractivity contribution < 1.29 is 8.42 Å². The van der Waals surface area contributed by atoms with Crippen molar-refractivity contribution in [1.29, 1.82) is 0 Å². The van der Waals surface area contributed by atoms with Gasteiger partial charge in [-0.3, -0.25) is 0 Å². The maximum atomic E-state index is 11.1. The van der Waals surface area contributed by atoms with Gasteiger partial charge in [-0.05, 0) is 18.0 Å². The number of fused-ring (bicyclic) bond motifs is 1.